The van der Waals surface area contributed by atoms with Crippen LogP contribution in [0.2, 0.25) is 10.0 Å². The topological polar surface area (TPSA) is 45.6 Å². The monoisotopic (exact) mass is 264 g/mol. The molecule has 1 rings (SSSR count). The first kappa shape index (κ1) is 13.5. The van der Waals surface area contributed by atoms with Gasteiger partial charge in [-0.1, -0.05) is 23.2 Å². The van der Waals surface area contributed by atoms with Gasteiger partial charge in [0.05, 0.1) is 23.3 Å². The average molecular weight is 265 g/mol. The number of nitrogens with zero attached hydrogens (tertiary/aromatic N) is 2. The number of hydrogen-bond acceptors (Lipinski definition) is 4. The van der Waals surface area contributed by atoms with Gasteiger partial charge < -0.3 is 14.7 Å². The Hall–Kier alpha value is -0.550. The van der Waals surface area contributed by atoms with E-state index < -0.39 is 0 Å². The molecule has 0 radical (unpaired) electrons. The highest BCUT2D eigenvalue weighted by molar-refractivity contribution is 6.36. The SMILES string of the molecule is COCCN(CCO)c1ncc(Cl)cc1Cl. The highest BCUT2D eigenvalue weighted by atomic mass is 35.5. The third kappa shape index (κ3) is 3.79. The molecule has 0 amide bonds. The molecule has 0 saturated heterocycles. The van der Waals surface area contributed by atoms with E-state index in [1.54, 1.807) is 13.2 Å². The summed E-state index contributed by atoms with van der Waals surface area (Å²) in [6.45, 7) is 1.65. The Balaban J connectivity index is 2.82. The van der Waals surface area contributed by atoms with Crippen molar-refractivity contribution < 1.29 is 9.84 Å². The molecule has 0 aliphatic heterocycles. The van der Waals surface area contributed by atoms with E-state index in [1.165, 1.54) is 6.20 Å². The standard InChI is InChI=1S/C10H14Cl2N2O2/c1-16-5-3-14(2-4-15)10-9(12)6-8(11)7-13-10/h6-7,15H,2-5H2,1H3. The normalized spacial score (nSPS) is 10.5. The first-order chi connectivity index (χ1) is 7.69. The molecule has 1 heterocycles. The van der Waals surface area contributed by atoms with Crippen LogP contribution >= 0.6 is 23.2 Å². The molecule has 1 aromatic heterocycles. The van der Waals surface area contributed by atoms with Gasteiger partial charge in [-0.25, -0.2) is 4.98 Å². The lowest BCUT2D eigenvalue weighted by atomic mass is 10.4. The summed E-state index contributed by atoms with van der Waals surface area (Å²) in [7, 11) is 1.62. The molecule has 0 aliphatic carbocycles. The zero-order valence-corrected chi connectivity index (χ0v) is 10.5. The fraction of sp³-hybridized carbons (Fsp3) is 0.500. The van der Waals surface area contributed by atoms with Gasteiger partial charge in [0.2, 0.25) is 0 Å². The zero-order valence-electron chi connectivity index (χ0n) is 8.99. The van der Waals surface area contributed by atoms with Gasteiger partial charge in [0.1, 0.15) is 5.82 Å². The molecule has 0 saturated carbocycles. The minimum atomic E-state index is 0.0321. The van der Waals surface area contributed by atoms with Crippen molar-refractivity contribution >= 4 is 29.0 Å². The quantitative estimate of drug-likeness (QED) is 0.852. The lowest BCUT2D eigenvalue weighted by Gasteiger charge is -2.23. The van der Waals surface area contributed by atoms with Crippen molar-refractivity contribution in [3.8, 4) is 0 Å². The van der Waals surface area contributed by atoms with Crippen LogP contribution in [-0.4, -0.2) is 43.5 Å². The number of anilines is 1. The molecule has 0 unspecified atom stereocenters. The van der Waals surface area contributed by atoms with Crippen molar-refractivity contribution in [3.63, 3.8) is 0 Å². The van der Waals surface area contributed by atoms with E-state index in [1.807, 2.05) is 4.90 Å². The Morgan fingerprint density at radius 2 is 2.19 bits per heavy atom. The summed E-state index contributed by atoms with van der Waals surface area (Å²) in [5, 5.41) is 9.92. The molecule has 6 heteroatoms. The van der Waals surface area contributed by atoms with Gasteiger partial charge in [0.25, 0.3) is 0 Å². The van der Waals surface area contributed by atoms with Gasteiger partial charge in [-0.15, -0.1) is 0 Å². The molecule has 0 fully saturated rings. The zero-order chi connectivity index (χ0) is 12.0. The molecule has 0 bridgehead atoms. The molecular formula is C10H14Cl2N2O2. The van der Waals surface area contributed by atoms with E-state index in [-0.39, 0.29) is 6.61 Å². The summed E-state index contributed by atoms with van der Waals surface area (Å²) in [5.74, 6) is 0.608. The minimum Gasteiger partial charge on any atom is -0.395 e. The van der Waals surface area contributed by atoms with E-state index in [9.17, 15) is 0 Å². The summed E-state index contributed by atoms with van der Waals surface area (Å²) in [4.78, 5) is 5.99. The lowest BCUT2D eigenvalue weighted by molar-refractivity contribution is 0.202. The average Bonchev–Trinajstić information content (AvgIpc) is 2.25. The molecule has 90 valence electrons. The number of halogens is 2. The van der Waals surface area contributed by atoms with Crippen LogP contribution in [0.5, 0.6) is 0 Å². The van der Waals surface area contributed by atoms with Crippen LogP contribution in [0.15, 0.2) is 12.3 Å². The predicted octanol–water partition coefficient (Wildman–Crippen LogP) is 1.83. The number of pyridine rings is 1. The second-order valence-electron chi connectivity index (χ2n) is 3.16. The Labute approximate surface area is 105 Å². The van der Waals surface area contributed by atoms with E-state index >= 15 is 0 Å². The van der Waals surface area contributed by atoms with Crippen molar-refractivity contribution in [3.05, 3.63) is 22.3 Å². The van der Waals surface area contributed by atoms with Crippen LogP contribution in [0.4, 0.5) is 5.82 Å². The first-order valence-electron chi connectivity index (χ1n) is 4.85. The number of rotatable bonds is 6. The largest absolute Gasteiger partial charge is 0.395 e. The number of hydrogen-bond donors (Lipinski definition) is 1. The second kappa shape index (κ2) is 6.91. The number of aromatic nitrogens is 1. The number of methoxy groups -OCH3 is 1. The van der Waals surface area contributed by atoms with Crippen LogP contribution in [0.1, 0.15) is 0 Å². The highest BCUT2D eigenvalue weighted by Gasteiger charge is 2.11. The Morgan fingerprint density at radius 3 is 2.75 bits per heavy atom. The number of ether oxygens (including phenoxy) is 1. The van der Waals surface area contributed by atoms with Gasteiger partial charge in [-0.2, -0.15) is 0 Å². The molecule has 0 aliphatic rings. The van der Waals surface area contributed by atoms with Gasteiger partial charge in [-0.3, -0.25) is 0 Å². The van der Waals surface area contributed by atoms with Crippen molar-refractivity contribution in [2.75, 3.05) is 38.3 Å². The molecule has 0 atom stereocenters. The van der Waals surface area contributed by atoms with Crippen LogP contribution in [0.25, 0.3) is 0 Å². The van der Waals surface area contributed by atoms with E-state index in [2.05, 4.69) is 4.98 Å². The maximum atomic E-state index is 8.96. The molecular weight excluding hydrogens is 251 g/mol. The maximum absolute atomic E-state index is 8.96. The smallest absolute Gasteiger partial charge is 0.147 e. The van der Waals surface area contributed by atoms with Gasteiger partial charge in [0, 0.05) is 26.4 Å². The summed E-state index contributed by atoms with van der Waals surface area (Å²) in [6.07, 6.45) is 1.53. The third-order valence-corrected chi connectivity index (χ3v) is 2.51. The molecule has 0 spiro atoms. The number of aliphatic hydroxyl groups is 1. The fourth-order valence-corrected chi connectivity index (χ4v) is 1.79. The summed E-state index contributed by atoms with van der Waals surface area (Å²) < 4.78 is 4.98. The van der Waals surface area contributed by atoms with Crippen molar-refractivity contribution in [1.82, 2.24) is 4.98 Å². The summed E-state index contributed by atoms with van der Waals surface area (Å²) >= 11 is 11.8. The van der Waals surface area contributed by atoms with Gasteiger partial charge >= 0.3 is 0 Å². The Morgan fingerprint density at radius 1 is 1.44 bits per heavy atom. The van der Waals surface area contributed by atoms with Crippen molar-refractivity contribution in [2.45, 2.75) is 0 Å². The van der Waals surface area contributed by atoms with Crippen LogP contribution < -0.4 is 4.90 Å². The predicted molar refractivity (Wildman–Crippen MR) is 65.4 cm³/mol. The van der Waals surface area contributed by atoms with Crippen LogP contribution in [0.3, 0.4) is 0 Å². The number of aliphatic hydroxyl groups excluding tert-OH is 1. The van der Waals surface area contributed by atoms with Gasteiger partial charge in [0.15, 0.2) is 0 Å². The minimum absolute atomic E-state index is 0.0321. The molecule has 0 aromatic carbocycles. The summed E-state index contributed by atoms with van der Waals surface area (Å²) in [5.41, 5.74) is 0. The lowest BCUT2D eigenvalue weighted by Crippen LogP contribution is -2.31. The third-order valence-electron chi connectivity index (χ3n) is 2.02. The molecule has 1 N–H and O–H groups in total. The van der Waals surface area contributed by atoms with Crippen molar-refractivity contribution in [2.24, 2.45) is 0 Å². The highest BCUT2D eigenvalue weighted by Crippen LogP contribution is 2.25. The molecule has 16 heavy (non-hydrogen) atoms. The van der Waals surface area contributed by atoms with E-state index in [0.717, 1.165) is 0 Å². The Kier molecular flexibility index (Phi) is 5.84. The van der Waals surface area contributed by atoms with Crippen LogP contribution in [-0.2, 0) is 4.74 Å². The Bertz CT molecular complexity index is 337. The second-order valence-corrected chi connectivity index (χ2v) is 4.01. The molecule has 1 aromatic rings. The molecule has 4 nitrogen and oxygen atoms in total. The summed E-state index contributed by atoms with van der Waals surface area (Å²) in [6, 6.07) is 1.63. The van der Waals surface area contributed by atoms with E-state index in [4.69, 9.17) is 33.0 Å². The maximum Gasteiger partial charge on any atom is 0.147 e. The van der Waals surface area contributed by atoms with Gasteiger partial charge in [-0.05, 0) is 6.07 Å². The van der Waals surface area contributed by atoms with Crippen LogP contribution in [0, 0.1) is 0 Å². The fourth-order valence-electron chi connectivity index (χ4n) is 1.29. The van der Waals surface area contributed by atoms with E-state index in [0.29, 0.717) is 35.6 Å². The van der Waals surface area contributed by atoms with Crippen molar-refractivity contribution in [1.29, 1.82) is 0 Å². The first-order valence-corrected chi connectivity index (χ1v) is 5.60.